The molecule has 2 rings (SSSR count). The van der Waals surface area contributed by atoms with Gasteiger partial charge in [-0.25, -0.2) is 0 Å². The monoisotopic (exact) mass is 278 g/mol. The van der Waals surface area contributed by atoms with Crippen LogP contribution in [0.1, 0.15) is 58.6 Å². The van der Waals surface area contributed by atoms with Crippen LogP contribution in [0.25, 0.3) is 0 Å². The lowest BCUT2D eigenvalue weighted by molar-refractivity contribution is 0.170. The maximum atomic E-state index is 4.31. The molecule has 0 atom stereocenters. The van der Waals surface area contributed by atoms with Gasteiger partial charge < -0.3 is 0 Å². The van der Waals surface area contributed by atoms with Gasteiger partial charge in [0, 0.05) is 19.3 Å². The number of likely N-dealkylation sites (tertiary alicyclic amines) is 1. The van der Waals surface area contributed by atoms with Crippen molar-refractivity contribution in [3.8, 4) is 0 Å². The van der Waals surface area contributed by atoms with Crippen LogP contribution < -0.4 is 0 Å². The van der Waals surface area contributed by atoms with Crippen molar-refractivity contribution in [2.75, 3.05) is 13.1 Å². The Kier molecular flexibility index (Phi) is 6.02. The van der Waals surface area contributed by atoms with Crippen LogP contribution in [0.2, 0.25) is 0 Å². The Hall–Kier alpha value is -0.900. The van der Waals surface area contributed by atoms with E-state index >= 15 is 0 Å². The van der Waals surface area contributed by atoms with E-state index in [0.29, 0.717) is 0 Å². The predicted octanol–water partition coefficient (Wildman–Crippen LogP) is 3.34. The molecule has 1 aliphatic heterocycles. The molecule has 1 saturated heterocycles. The summed E-state index contributed by atoms with van der Waals surface area (Å²) in [5.74, 6) is 1.68. The van der Waals surface area contributed by atoms with Gasteiger partial charge in [-0.05, 0) is 44.2 Å². The van der Waals surface area contributed by atoms with Crippen LogP contribution >= 0.6 is 0 Å². The number of rotatable bonds is 7. The molecule has 0 spiro atoms. The topological polar surface area (TPSA) is 34.0 Å². The lowest BCUT2D eigenvalue weighted by Gasteiger charge is -2.31. The molecule has 2 heterocycles. The Bertz CT molecular complexity index is 378. The highest BCUT2D eigenvalue weighted by Gasteiger charge is 2.19. The van der Waals surface area contributed by atoms with Gasteiger partial charge in [0.05, 0.1) is 5.69 Å². The second-order valence-electron chi connectivity index (χ2n) is 6.66. The third kappa shape index (κ3) is 4.89. The SMILES string of the molecule is CCCC1CCN(Cc2cn(CCC(C)C)nn2)CC1. The molecule has 0 bridgehead atoms. The molecule has 0 saturated carbocycles. The Morgan fingerprint density at radius 2 is 2.05 bits per heavy atom. The normalized spacial score (nSPS) is 18.0. The van der Waals surface area contributed by atoms with Gasteiger partial charge in [-0.3, -0.25) is 9.58 Å². The minimum atomic E-state index is 0.722. The summed E-state index contributed by atoms with van der Waals surface area (Å²) >= 11 is 0. The summed E-state index contributed by atoms with van der Waals surface area (Å²) in [5, 5.41) is 8.55. The van der Waals surface area contributed by atoms with E-state index in [1.165, 1.54) is 45.2 Å². The first kappa shape index (κ1) is 15.5. The number of piperidine rings is 1. The fourth-order valence-electron chi connectivity index (χ4n) is 2.98. The van der Waals surface area contributed by atoms with Crippen LogP contribution in [-0.4, -0.2) is 33.0 Å². The second-order valence-corrected chi connectivity index (χ2v) is 6.66. The molecule has 0 aliphatic carbocycles. The maximum absolute atomic E-state index is 4.31. The smallest absolute Gasteiger partial charge is 0.0967 e. The molecule has 0 N–H and O–H groups in total. The third-order valence-electron chi connectivity index (χ3n) is 4.31. The number of nitrogens with zero attached hydrogens (tertiary/aromatic N) is 4. The molecule has 4 nitrogen and oxygen atoms in total. The summed E-state index contributed by atoms with van der Waals surface area (Å²) < 4.78 is 2.00. The number of hydrogen-bond acceptors (Lipinski definition) is 3. The van der Waals surface area contributed by atoms with Crippen molar-refractivity contribution >= 4 is 0 Å². The van der Waals surface area contributed by atoms with E-state index in [1.807, 2.05) is 4.68 Å². The van der Waals surface area contributed by atoms with Crippen LogP contribution in [0.5, 0.6) is 0 Å². The van der Waals surface area contributed by atoms with E-state index in [9.17, 15) is 0 Å². The van der Waals surface area contributed by atoms with E-state index in [-0.39, 0.29) is 0 Å². The highest BCUT2D eigenvalue weighted by molar-refractivity contribution is 4.93. The van der Waals surface area contributed by atoms with Gasteiger partial charge >= 0.3 is 0 Å². The first-order valence-electron chi connectivity index (χ1n) is 8.28. The fraction of sp³-hybridized carbons (Fsp3) is 0.875. The van der Waals surface area contributed by atoms with Gasteiger partial charge in [-0.1, -0.05) is 38.8 Å². The fourth-order valence-corrected chi connectivity index (χ4v) is 2.98. The van der Waals surface area contributed by atoms with E-state index in [0.717, 1.165) is 30.6 Å². The minimum absolute atomic E-state index is 0.722. The van der Waals surface area contributed by atoms with Crippen molar-refractivity contribution in [1.82, 2.24) is 19.9 Å². The maximum Gasteiger partial charge on any atom is 0.0967 e. The average molecular weight is 278 g/mol. The zero-order valence-corrected chi connectivity index (χ0v) is 13.4. The molecular formula is C16H30N4. The summed E-state index contributed by atoms with van der Waals surface area (Å²) in [7, 11) is 0. The molecule has 1 aliphatic rings. The molecule has 0 amide bonds. The molecule has 4 heteroatoms. The van der Waals surface area contributed by atoms with Crippen LogP contribution in [0, 0.1) is 11.8 Å². The number of hydrogen-bond donors (Lipinski definition) is 0. The predicted molar refractivity (Wildman–Crippen MR) is 82.4 cm³/mol. The van der Waals surface area contributed by atoms with Gasteiger partial charge in [0.2, 0.25) is 0 Å². The van der Waals surface area contributed by atoms with E-state index < -0.39 is 0 Å². The standard InChI is InChI=1S/C16H30N4/c1-4-5-15-7-9-19(10-8-15)12-16-13-20(18-17-16)11-6-14(2)3/h13-15H,4-12H2,1-3H3. The third-order valence-corrected chi connectivity index (χ3v) is 4.31. The Morgan fingerprint density at radius 3 is 2.70 bits per heavy atom. The van der Waals surface area contributed by atoms with Crippen LogP contribution in [-0.2, 0) is 13.1 Å². The minimum Gasteiger partial charge on any atom is -0.297 e. The molecule has 0 radical (unpaired) electrons. The van der Waals surface area contributed by atoms with Gasteiger partial charge in [-0.15, -0.1) is 5.10 Å². The van der Waals surface area contributed by atoms with E-state index in [2.05, 4.69) is 42.2 Å². The Balaban J connectivity index is 1.74. The highest BCUT2D eigenvalue weighted by atomic mass is 15.4. The molecule has 0 unspecified atom stereocenters. The first-order chi connectivity index (χ1) is 9.67. The largest absolute Gasteiger partial charge is 0.297 e. The van der Waals surface area contributed by atoms with Crippen LogP contribution in [0.3, 0.4) is 0 Å². The molecule has 1 aromatic rings. The lowest BCUT2D eigenvalue weighted by Crippen LogP contribution is -2.33. The van der Waals surface area contributed by atoms with Gasteiger partial charge in [-0.2, -0.15) is 0 Å². The Morgan fingerprint density at radius 1 is 1.30 bits per heavy atom. The number of aryl methyl sites for hydroxylation is 1. The van der Waals surface area contributed by atoms with Crippen molar-refractivity contribution in [2.45, 2.75) is 66.0 Å². The lowest BCUT2D eigenvalue weighted by atomic mass is 9.92. The quantitative estimate of drug-likeness (QED) is 0.767. The Labute approximate surface area is 123 Å². The van der Waals surface area contributed by atoms with Gasteiger partial charge in [0.1, 0.15) is 0 Å². The first-order valence-corrected chi connectivity index (χ1v) is 8.28. The summed E-state index contributed by atoms with van der Waals surface area (Å²) in [6.07, 6.45) is 8.74. The van der Waals surface area contributed by atoms with Gasteiger partial charge in [0.15, 0.2) is 0 Å². The van der Waals surface area contributed by atoms with E-state index in [1.54, 1.807) is 0 Å². The zero-order chi connectivity index (χ0) is 14.4. The van der Waals surface area contributed by atoms with Crippen LogP contribution in [0.15, 0.2) is 6.20 Å². The molecule has 114 valence electrons. The van der Waals surface area contributed by atoms with Crippen molar-refractivity contribution in [3.05, 3.63) is 11.9 Å². The van der Waals surface area contributed by atoms with E-state index in [4.69, 9.17) is 0 Å². The summed E-state index contributed by atoms with van der Waals surface area (Å²) in [6.45, 7) is 11.2. The second kappa shape index (κ2) is 7.77. The zero-order valence-electron chi connectivity index (χ0n) is 13.4. The number of aromatic nitrogens is 3. The molecule has 1 fully saturated rings. The van der Waals surface area contributed by atoms with Crippen molar-refractivity contribution in [3.63, 3.8) is 0 Å². The van der Waals surface area contributed by atoms with Crippen LogP contribution in [0.4, 0.5) is 0 Å². The van der Waals surface area contributed by atoms with Crippen molar-refractivity contribution in [2.24, 2.45) is 11.8 Å². The molecular weight excluding hydrogens is 248 g/mol. The van der Waals surface area contributed by atoms with Crippen molar-refractivity contribution < 1.29 is 0 Å². The highest BCUT2D eigenvalue weighted by Crippen LogP contribution is 2.22. The summed E-state index contributed by atoms with van der Waals surface area (Å²) in [4.78, 5) is 2.53. The molecule has 1 aromatic heterocycles. The van der Waals surface area contributed by atoms with Crippen molar-refractivity contribution in [1.29, 1.82) is 0 Å². The molecule has 20 heavy (non-hydrogen) atoms. The van der Waals surface area contributed by atoms with Gasteiger partial charge in [0.25, 0.3) is 0 Å². The summed E-state index contributed by atoms with van der Waals surface area (Å²) in [5.41, 5.74) is 1.13. The molecule has 0 aromatic carbocycles. The summed E-state index contributed by atoms with van der Waals surface area (Å²) in [6, 6.07) is 0. The average Bonchev–Trinajstić information content (AvgIpc) is 2.87.